The zero-order valence-electron chi connectivity index (χ0n) is 14.8. The predicted molar refractivity (Wildman–Crippen MR) is 111 cm³/mol. The summed E-state index contributed by atoms with van der Waals surface area (Å²) in [6.07, 6.45) is 0. The van der Waals surface area contributed by atoms with E-state index < -0.39 is 0 Å². The van der Waals surface area contributed by atoms with Gasteiger partial charge in [-0.1, -0.05) is 60.2 Å². The van der Waals surface area contributed by atoms with Crippen LogP contribution in [0.4, 0.5) is 0 Å². The fraction of sp³-hybridized carbons (Fsp3) is 0.0400. The molecule has 0 atom stereocenters. The molecule has 0 fully saturated rings. The molecule has 0 amide bonds. The second-order valence-corrected chi connectivity index (χ2v) is 7.06. The quantitative estimate of drug-likeness (QED) is 0.308. The van der Waals surface area contributed by atoms with Crippen LogP contribution in [0.3, 0.4) is 0 Å². The topological polar surface area (TPSA) is 26.3 Å². The molecule has 0 aliphatic carbocycles. The second kappa shape index (κ2) is 5.24. The molecule has 0 radical (unpaired) electrons. The molecule has 0 saturated carbocycles. The first-order chi connectivity index (χ1) is 13.3. The predicted octanol–water partition coefficient (Wildman–Crippen LogP) is 7.46. The normalized spacial score (nSPS) is 11.9. The number of hydrogen-bond donors (Lipinski definition) is 0. The van der Waals surface area contributed by atoms with Gasteiger partial charge in [-0.2, -0.15) is 0 Å². The molecule has 0 N–H and O–H groups in total. The second-order valence-electron chi connectivity index (χ2n) is 7.06. The summed E-state index contributed by atoms with van der Waals surface area (Å²) in [6.45, 7) is 2.11. The molecule has 6 rings (SSSR count). The van der Waals surface area contributed by atoms with Crippen molar-refractivity contribution in [3.05, 3.63) is 84.4 Å². The summed E-state index contributed by atoms with van der Waals surface area (Å²) < 4.78 is 12.4. The number of aryl methyl sites for hydroxylation is 1. The molecule has 2 heterocycles. The molecule has 128 valence electrons. The Hall–Kier alpha value is -3.52. The molecule has 0 bridgehead atoms. The first kappa shape index (κ1) is 14.6. The van der Waals surface area contributed by atoms with Gasteiger partial charge in [-0.15, -0.1) is 0 Å². The van der Waals surface area contributed by atoms with Gasteiger partial charge in [0.05, 0.1) is 0 Å². The summed E-state index contributed by atoms with van der Waals surface area (Å²) in [5, 5.41) is 4.58. The van der Waals surface area contributed by atoms with Crippen molar-refractivity contribution < 1.29 is 8.83 Å². The van der Waals surface area contributed by atoms with Gasteiger partial charge in [0.1, 0.15) is 22.3 Å². The number of furan rings is 2. The first-order valence-electron chi connectivity index (χ1n) is 9.12. The van der Waals surface area contributed by atoms with E-state index in [1.807, 2.05) is 24.3 Å². The van der Waals surface area contributed by atoms with Gasteiger partial charge in [0.15, 0.2) is 0 Å². The molecule has 0 spiro atoms. The maximum absolute atomic E-state index is 6.30. The summed E-state index contributed by atoms with van der Waals surface area (Å²) in [7, 11) is 0. The molecule has 2 nitrogen and oxygen atoms in total. The Morgan fingerprint density at radius 1 is 0.556 bits per heavy atom. The van der Waals surface area contributed by atoms with E-state index in [4.69, 9.17) is 8.83 Å². The Balaban J connectivity index is 1.77. The van der Waals surface area contributed by atoms with Crippen LogP contribution in [0.5, 0.6) is 0 Å². The molecule has 0 aliphatic heterocycles. The highest BCUT2D eigenvalue weighted by Gasteiger charge is 2.17. The Kier molecular flexibility index (Phi) is 2.84. The van der Waals surface area contributed by atoms with Gasteiger partial charge in [-0.05, 0) is 36.8 Å². The molecule has 0 aliphatic rings. The van der Waals surface area contributed by atoms with Crippen LogP contribution in [0.2, 0.25) is 0 Å². The van der Waals surface area contributed by atoms with Crippen molar-refractivity contribution in [2.75, 3.05) is 0 Å². The lowest BCUT2D eigenvalue weighted by Crippen LogP contribution is -1.80. The van der Waals surface area contributed by atoms with Crippen molar-refractivity contribution in [1.29, 1.82) is 0 Å². The van der Waals surface area contributed by atoms with Gasteiger partial charge in [-0.3, -0.25) is 0 Å². The third-order valence-corrected chi connectivity index (χ3v) is 5.35. The van der Waals surface area contributed by atoms with Crippen molar-refractivity contribution in [2.45, 2.75) is 6.92 Å². The molecule has 4 aromatic carbocycles. The van der Waals surface area contributed by atoms with E-state index in [0.717, 1.165) is 55.0 Å². The molecule has 2 aromatic heterocycles. The largest absolute Gasteiger partial charge is 0.456 e. The summed E-state index contributed by atoms with van der Waals surface area (Å²) in [5.74, 6) is 0. The molecule has 6 aromatic rings. The summed E-state index contributed by atoms with van der Waals surface area (Å²) >= 11 is 0. The van der Waals surface area contributed by atoms with Gasteiger partial charge >= 0.3 is 0 Å². The third-order valence-electron chi connectivity index (χ3n) is 5.35. The first-order valence-corrected chi connectivity index (χ1v) is 9.12. The van der Waals surface area contributed by atoms with Gasteiger partial charge < -0.3 is 8.83 Å². The molecule has 0 unspecified atom stereocenters. The van der Waals surface area contributed by atoms with Crippen LogP contribution in [0.1, 0.15) is 5.56 Å². The van der Waals surface area contributed by atoms with Crippen LogP contribution in [-0.2, 0) is 0 Å². The highest BCUT2D eigenvalue weighted by atomic mass is 16.3. The van der Waals surface area contributed by atoms with Crippen molar-refractivity contribution in [3.8, 4) is 11.1 Å². The van der Waals surface area contributed by atoms with Crippen molar-refractivity contribution in [2.24, 2.45) is 0 Å². The summed E-state index contributed by atoms with van der Waals surface area (Å²) in [4.78, 5) is 0. The van der Waals surface area contributed by atoms with Gasteiger partial charge in [0.25, 0.3) is 0 Å². The lowest BCUT2D eigenvalue weighted by molar-refractivity contribution is 0.668. The van der Waals surface area contributed by atoms with E-state index in [9.17, 15) is 0 Å². The van der Waals surface area contributed by atoms with Gasteiger partial charge in [0.2, 0.25) is 0 Å². The number of rotatable bonds is 1. The Morgan fingerprint density at radius 2 is 1.30 bits per heavy atom. The van der Waals surface area contributed by atoms with E-state index in [1.54, 1.807) is 0 Å². The lowest BCUT2D eigenvalue weighted by atomic mass is 9.97. The van der Waals surface area contributed by atoms with Crippen LogP contribution in [0.25, 0.3) is 55.0 Å². The number of benzene rings is 4. The van der Waals surface area contributed by atoms with E-state index in [0.29, 0.717) is 0 Å². The minimum atomic E-state index is 0.901. The average Bonchev–Trinajstić information content (AvgIpc) is 3.25. The Morgan fingerprint density at radius 3 is 2.26 bits per heavy atom. The van der Waals surface area contributed by atoms with E-state index >= 15 is 0 Å². The van der Waals surface area contributed by atoms with E-state index in [1.165, 1.54) is 5.56 Å². The van der Waals surface area contributed by atoms with Crippen molar-refractivity contribution >= 4 is 43.9 Å². The van der Waals surface area contributed by atoms with Crippen LogP contribution in [0, 0.1) is 6.92 Å². The van der Waals surface area contributed by atoms with Crippen LogP contribution >= 0.6 is 0 Å². The van der Waals surface area contributed by atoms with Crippen molar-refractivity contribution in [3.63, 3.8) is 0 Å². The van der Waals surface area contributed by atoms with Crippen LogP contribution < -0.4 is 0 Å². The van der Waals surface area contributed by atoms with E-state index in [-0.39, 0.29) is 0 Å². The molecule has 27 heavy (non-hydrogen) atoms. The average molecular weight is 348 g/mol. The molecular formula is C25H16O2. The number of fused-ring (bicyclic) bond motifs is 6. The van der Waals surface area contributed by atoms with Gasteiger partial charge in [-0.25, -0.2) is 0 Å². The standard InChI is InChI=1S/C25H16O2/c1-15-12-13-22-20(14-15)18-9-4-8-17(25(18)27-22)16-7-5-11-23-24(16)19-6-2-3-10-21(19)26-23/h2-14H,1H3. The van der Waals surface area contributed by atoms with Gasteiger partial charge in [0, 0.05) is 27.1 Å². The van der Waals surface area contributed by atoms with Crippen LogP contribution in [-0.4, -0.2) is 0 Å². The maximum atomic E-state index is 6.30. The van der Waals surface area contributed by atoms with Crippen molar-refractivity contribution in [1.82, 2.24) is 0 Å². The Bertz CT molecular complexity index is 1480. The molecule has 2 heteroatoms. The zero-order valence-corrected chi connectivity index (χ0v) is 14.8. The van der Waals surface area contributed by atoms with Crippen LogP contribution in [0.15, 0.2) is 87.7 Å². The maximum Gasteiger partial charge on any atom is 0.143 e. The minimum absolute atomic E-state index is 0.901. The monoisotopic (exact) mass is 348 g/mol. The fourth-order valence-corrected chi connectivity index (χ4v) is 4.12. The highest BCUT2D eigenvalue weighted by molar-refractivity contribution is 6.17. The SMILES string of the molecule is Cc1ccc2oc3c(-c4cccc5oc6ccccc6c45)cccc3c2c1. The van der Waals surface area contributed by atoms with E-state index in [2.05, 4.69) is 61.5 Å². The molecular weight excluding hydrogens is 332 g/mol. The Labute approximate surface area is 155 Å². The smallest absolute Gasteiger partial charge is 0.143 e. The number of hydrogen-bond acceptors (Lipinski definition) is 2. The summed E-state index contributed by atoms with van der Waals surface area (Å²) in [5.41, 5.74) is 7.13. The summed E-state index contributed by atoms with van der Waals surface area (Å²) in [6, 6.07) is 27.1. The zero-order chi connectivity index (χ0) is 18.0. The number of para-hydroxylation sites is 2. The molecule has 0 saturated heterocycles. The fourth-order valence-electron chi connectivity index (χ4n) is 4.12. The third kappa shape index (κ3) is 2.01. The highest BCUT2D eigenvalue weighted by Crippen LogP contribution is 2.41. The minimum Gasteiger partial charge on any atom is -0.456 e. The lowest BCUT2D eigenvalue weighted by Gasteiger charge is -2.05.